The Bertz CT molecular complexity index is 694. The van der Waals surface area contributed by atoms with Crippen molar-refractivity contribution >= 4 is 39.0 Å². The standard InChI is InChI=1S/C10H8ClN5OS/c1-5-13-7(16-17-5)4-12-8-6-2-3-18-9(6)15-10(11)14-8/h2-3H,4H2,1H3,(H,12,14,15). The van der Waals surface area contributed by atoms with E-state index in [4.69, 9.17) is 16.1 Å². The van der Waals surface area contributed by atoms with Crippen LogP contribution in [-0.2, 0) is 6.54 Å². The summed E-state index contributed by atoms with van der Waals surface area (Å²) >= 11 is 7.38. The highest BCUT2D eigenvalue weighted by atomic mass is 35.5. The second kappa shape index (κ2) is 4.51. The van der Waals surface area contributed by atoms with Crippen LogP contribution in [0.1, 0.15) is 11.7 Å². The van der Waals surface area contributed by atoms with Crippen molar-refractivity contribution in [1.82, 2.24) is 20.1 Å². The van der Waals surface area contributed by atoms with Gasteiger partial charge in [-0.15, -0.1) is 11.3 Å². The van der Waals surface area contributed by atoms with Gasteiger partial charge < -0.3 is 9.84 Å². The Hall–Kier alpha value is -1.73. The zero-order valence-electron chi connectivity index (χ0n) is 9.35. The van der Waals surface area contributed by atoms with Crippen LogP contribution in [0.4, 0.5) is 5.82 Å². The average molecular weight is 282 g/mol. The Kier molecular flexibility index (Phi) is 2.85. The molecule has 0 saturated carbocycles. The van der Waals surface area contributed by atoms with Crippen molar-refractivity contribution < 1.29 is 4.52 Å². The van der Waals surface area contributed by atoms with Crippen LogP contribution in [0.2, 0.25) is 5.28 Å². The van der Waals surface area contributed by atoms with Gasteiger partial charge >= 0.3 is 0 Å². The maximum absolute atomic E-state index is 5.86. The minimum absolute atomic E-state index is 0.219. The van der Waals surface area contributed by atoms with Crippen molar-refractivity contribution in [2.75, 3.05) is 5.32 Å². The summed E-state index contributed by atoms with van der Waals surface area (Å²) < 4.78 is 4.89. The molecule has 1 N–H and O–H groups in total. The van der Waals surface area contributed by atoms with Crippen molar-refractivity contribution in [2.45, 2.75) is 13.5 Å². The molecule has 0 aliphatic carbocycles. The van der Waals surface area contributed by atoms with Gasteiger partial charge in [-0.1, -0.05) is 5.16 Å². The zero-order valence-corrected chi connectivity index (χ0v) is 10.9. The van der Waals surface area contributed by atoms with E-state index in [2.05, 4.69) is 25.4 Å². The Morgan fingerprint density at radius 1 is 1.39 bits per heavy atom. The summed E-state index contributed by atoms with van der Waals surface area (Å²) in [5, 5.41) is 10.0. The molecule has 0 saturated heterocycles. The molecule has 3 rings (SSSR count). The molecular weight excluding hydrogens is 274 g/mol. The fraction of sp³-hybridized carbons (Fsp3) is 0.200. The van der Waals surface area contributed by atoms with E-state index in [1.807, 2.05) is 11.4 Å². The Morgan fingerprint density at radius 3 is 3.06 bits per heavy atom. The molecule has 92 valence electrons. The summed E-state index contributed by atoms with van der Waals surface area (Å²) in [6, 6.07) is 1.94. The maximum Gasteiger partial charge on any atom is 0.225 e. The smallest absolute Gasteiger partial charge is 0.225 e. The number of nitrogens with zero attached hydrogens (tertiary/aromatic N) is 4. The number of aryl methyl sites for hydroxylation is 1. The number of hydrogen-bond acceptors (Lipinski definition) is 7. The SMILES string of the molecule is Cc1nc(CNc2nc(Cl)nc3sccc23)no1. The highest BCUT2D eigenvalue weighted by molar-refractivity contribution is 7.16. The van der Waals surface area contributed by atoms with Crippen LogP contribution in [0.3, 0.4) is 0 Å². The van der Waals surface area contributed by atoms with E-state index in [1.54, 1.807) is 6.92 Å². The van der Waals surface area contributed by atoms with Crippen molar-refractivity contribution in [3.63, 3.8) is 0 Å². The molecule has 0 unspecified atom stereocenters. The normalized spacial score (nSPS) is 11.0. The third-order valence-corrected chi connectivity index (χ3v) is 3.26. The largest absolute Gasteiger partial charge is 0.362 e. The fourth-order valence-corrected chi connectivity index (χ4v) is 2.52. The highest BCUT2D eigenvalue weighted by Crippen LogP contribution is 2.26. The molecule has 0 bridgehead atoms. The molecule has 0 aliphatic heterocycles. The van der Waals surface area contributed by atoms with Gasteiger partial charge in [0.1, 0.15) is 10.6 Å². The van der Waals surface area contributed by atoms with Crippen molar-refractivity contribution in [3.8, 4) is 0 Å². The van der Waals surface area contributed by atoms with Gasteiger partial charge in [0, 0.05) is 6.92 Å². The monoisotopic (exact) mass is 281 g/mol. The van der Waals surface area contributed by atoms with Gasteiger partial charge in [0.15, 0.2) is 5.82 Å². The predicted octanol–water partition coefficient (Wildman–Crippen LogP) is 2.65. The lowest BCUT2D eigenvalue weighted by Crippen LogP contribution is -2.04. The van der Waals surface area contributed by atoms with Crippen LogP contribution in [0.25, 0.3) is 10.2 Å². The average Bonchev–Trinajstić information content (AvgIpc) is 2.94. The Morgan fingerprint density at radius 2 is 2.28 bits per heavy atom. The number of hydrogen-bond donors (Lipinski definition) is 1. The van der Waals surface area contributed by atoms with Gasteiger partial charge in [0.05, 0.1) is 11.9 Å². The lowest BCUT2D eigenvalue weighted by molar-refractivity contribution is 0.388. The third kappa shape index (κ3) is 2.14. The molecule has 3 aromatic rings. The van der Waals surface area contributed by atoms with Gasteiger partial charge in [0.25, 0.3) is 0 Å². The molecule has 0 amide bonds. The van der Waals surface area contributed by atoms with Crippen LogP contribution in [0.15, 0.2) is 16.0 Å². The molecule has 0 atom stereocenters. The first-order valence-corrected chi connectivity index (χ1v) is 6.42. The van der Waals surface area contributed by atoms with E-state index < -0.39 is 0 Å². The van der Waals surface area contributed by atoms with Crippen LogP contribution < -0.4 is 5.32 Å². The first-order valence-electron chi connectivity index (χ1n) is 5.16. The number of halogens is 1. The first kappa shape index (κ1) is 11.4. The van der Waals surface area contributed by atoms with E-state index in [0.717, 1.165) is 10.2 Å². The van der Waals surface area contributed by atoms with Crippen LogP contribution in [0, 0.1) is 6.92 Å². The van der Waals surface area contributed by atoms with Crippen LogP contribution in [0.5, 0.6) is 0 Å². The zero-order chi connectivity index (χ0) is 12.5. The molecule has 8 heteroatoms. The quantitative estimate of drug-likeness (QED) is 0.744. The predicted molar refractivity (Wildman–Crippen MR) is 68.8 cm³/mol. The lowest BCUT2D eigenvalue weighted by atomic mass is 10.4. The second-order valence-electron chi connectivity index (χ2n) is 3.56. The lowest BCUT2D eigenvalue weighted by Gasteiger charge is -2.04. The van der Waals surface area contributed by atoms with Gasteiger partial charge in [0.2, 0.25) is 11.2 Å². The topological polar surface area (TPSA) is 76.7 Å². The summed E-state index contributed by atoms with van der Waals surface area (Å²) in [4.78, 5) is 13.2. The fourth-order valence-electron chi connectivity index (χ4n) is 1.54. The number of nitrogens with one attached hydrogen (secondary N) is 1. The molecule has 6 nitrogen and oxygen atoms in total. The van der Waals surface area contributed by atoms with Crippen LogP contribution >= 0.6 is 22.9 Å². The number of anilines is 1. The third-order valence-electron chi connectivity index (χ3n) is 2.28. The van der Waals surface area contributed by atoms with Crippen molar-refractivity contribution in [1.29, 1.82) is 0 Å². The minimum atomic E-state index is 0.219. The van der Waals surface area contributed by atoms with Gasteiger partial charge in [-0.05, 0) is 23.0 Å². The van der Waals surface area contributed by atoms with E-state index in [0.29, 0.717) is 24.1 Å². The number of fused-ring (bicyclic) bond motifs is 1. The van der Waals surface area contributed by atoms with E-state index in [-0.39, 0.29) is 5.28 Å². The first-order chi connectivity index (χ1) is 8.72. The summed E-state index contributed by atoms with van der Waals surface area (Å²) in [6.07, 6.45) is 0. The molecule has 0 aromatic carbocycles. The van der Waals surface area contributed by atoms with E-state index in [1.165, 1.54) is 11.3 Å². The van der Waals surface area contributed by atoms with Crippen molar-refractivity contribution in [3.05, 3.63) is 28.4 Å². The molecule has 3 aromatic heterocycles. The van der Waals surface area contributed by atoms with E-state index in [9.17, 15) is 0 Å². The summed E-state index contributed by atoms with van der Waals surface area (Å²) in [7, 11) is 0. The molecule has 0 radical (unpaired) electrons. The molecule has 3 heterocycles. The summed E-state index contributed by atoms with van der Waals surface area (Å²) in [5.74, 6) is 1.78. The number of thiophene rings is 1. The highest BCUT2D eigenvalue weighted by Gasteiger charge is 2.09. The molecule has 0 fully saturated rings. The number of rotatable bonds is 3. The molecule has 0 spiro atoms. The van der Waals surface area contributed by atoms with Gasteiger partial charge in [-0.2, -0.15) is 4.98 Å². The molecular formula is C10H8ClN5OS. The Labute approximate surface area is 111 Å². The summed E-state index contributed by atoms with van der Waals surface area (Å²) in [5.41, 5.74) is 0. The minimum Gasteiger partial charge on any atom is -0.362 e. The molecule has 18 heavy (non-hydrogen) atoms. The van der Waals surface area contributed by atoms with E-state index >= 15 is 0 Å². The van der Waals surface area contributed by atoms with Crippen LogP contribution in [-0.4, -0.2) is 20.1 Å². The Balaban J connectivity index is 1.87. The summed E-state index contributed by atoms with van der Waals surface area (Å²) in [6.45, 7) is 2.17. The maximum atomic E-state index is 5.86. The molecule has 0 aliphatic rings. The van der Waals surface area contributed by atoms with Crippen molar-refractivity contribution in [2.24, 2.45) is 0 Å². The van der Waals surface area contributed by atoms with Gasteiger partial charge in [-0.3, -0.25) is 0 Å². The number of aromatic nitrogens is 4. The second-order valence-corrected chi connectivity index (χ2v) is 4.80. The van der Waals surface area contributed by atoms with Gasteiger partial charge in [-0.25, -0.2) is 9.97 Å².